The normalized spacial score (nSPS) is 11.5. The average Bonchev–Trinajstić information content (AvgIpc) is 3.77. The van der Waals surface area contributed by atoms with Gasteiger partial charge in [0, 0.05) is 30.6 Å². The first-order chi connectivity index (χ1) is 22.6. The monoisotopic (exact) mass is 664 g/mol. The number of hydrogen-bond donors (Lipinski definition) is 0. The van der Waals surface area contributed by atoms with Crippen LogP contribution < -0.4 is 9.47 Å². The number of halogens is 3. The van der Waals surface area contributed by atoms with Gasteiger partial charge in [0.1, 0.15) is 47.2 Å². The van der Waals surface area contributed by atoms with Gasteiger partial charge in [-0.2, -0.15) is 13.2 Å². The first-order valence-electron chi connectivity index (χ1n) is 14.8. The summed E-state index contributed by atoms with van der Waals surface area (Å²) in [7, 11) is 5.32. The highest BCUT2D eigenvalue weighted by Gasteiger charge is 2.38. The zero-order valence-corrected chi connectivity index (χ0v) is 27.5. The van der Waals surface area contributed by atoms with Gasteiger partial charge < -0.3 is 9.47 Å². The molecule has 14 heteroatoms. The van der Waals surface area contributed by atoms with Gasteiger partial charge in [-0.15, -0.1) is 5.10 Å². The summed E-state index contributed by atoms with van der Waals surface area (Å²) in [6, 6.07) is 20.2. The Balaban J connectivity index is 0.00000139. The lowest BCUT2D eigenvalue weighted by Crippen LogP contribution is -2.09. The third-order valence-electron chi connectivity index (χ3n) is 6.53. The molecule has 0 N–H and O–H groups in total. The van der Waals surface area contributed by atoms with Crippen LogP contribution in [0.4, 0.5) is 13.2 Å². The van der Waals surface area contributed by atoms with Gasteiger partial charge in [0.25, 0.3) is 5.82 Å². The van der Waals surface area contributed by atoms with E-state index in [4.69, 9.17) is 14.5 Å². The Morgan fingerprint density at radius 2 is 1.64 bits per heavy atom. The molecule has 4 aromatic heterocycles. The molecule has 0 fully saturated rings. The lowest BCUT2D eigenvalue weighted by atomic mass is 10.2. The molecule has 0 spiro atoms. The zero-order chi connectivity index (χ0) is 33.6. The molecule has 0 unspecified atom stereocenters. The summed E-state index contributed by atoms with van der Waals surface area (Å²) in [5.74, 6) is -0.130. The molecule has 2 aromatic carbocycles. The molecule has 0 atom stereocenters. The van der Waals surface area contributed by atoms with Crippen LogP contribution in [0.15, 0.2) is 85.5 Å². The molecule has 0 radical (unpaired) electrons. The van der Waals surface area contributed by atoms with Crippen molar-refractivity contribution >= 4 is 17.8 Å². The molecule has 0 aliphatic carbocycles. The molecule has 6 aromatic rings. The molecule has 0 amide bonds. The van der Waals surface area contributed by atoms with E-state index in [1.165, 1.54) is 23.2 Å². The van der Waals surface area contributed by atoms with Gasteiger partial charge >= 0.3 is 6.18 Å². The van der Waals surface area contributed by atoms with Gasteiger partial charge in [0.15, 0.2) is 5.82 Å². The molecule has 6 rings (SSSR count). The van der Waals surface area contributed by atoms with E-state index in [0.717, 1.165) is 5.56 Å². The standard InChI is InChI=1S/C30H27F3N8O2S.C3H8/c1-38(2)44-39-17-24(34-19-39)27-26(35-25-15-23(13-14-40(25)27)43-18-21-7-5-4-6-8-21)28-36-29(30(31,32)33)37-41(28)16-20-9-11-22(42-3)12-10-20;1-3-2/h4-15,17,19H,16,18H2,1-3H3;3H2,1-2H3. The van der Waals surface area contributed by atoms with E-state index in [1.54, 1.807) is 70.6 Å². The Morgan fingerprint density at radius 1 is 0.915 bits per heavy atom. The average molecular weight is 665 g/mol. The third kappa shape index (κ3) is 8.13. The van der Waals surface area contributed by atoms with E-state index in [2.05, 4.69) is 28.9 Å². The van der Waals surface area contributed by atoms with Crippen LogP contribution in [-0.4, -0.2) is 58.6 Å². The Morgan fingerprint density at radius 3 is 2.30 bits per heavy atom. The molecule has 0 bridgehead atoms. The summed E-state index contributed by atoms with van der Waals surface area (Å²) in [6.45, 7) is 4.61. The smallest absolute Gasteiger partial charge is 0.453 e. The molecule has 4 heterocycles. The fourth-order valence-electron chi connectivity index (χ4n) is 4.57. The number of pyridine rings is 1. The summed E-state index contributed by atoms with van der Waals surface area (Å²) in [4.78, 5) is 13.3. The van der Waals surface area contributed by atoms with E-state index >= 15 is 0 Å². The van der Waals surface area contributed by atoms with Crippen molar-refractivity contribution in [3.05, 3.63) is 102 Å². The molecule has 0 saturated heterocycles. The minimum atomic E-state index is -4.76. The second kappa shape index (κ2) is 14.7. The molecule has 0 aliphatic rings. The van der Waals surface area contributed by atoms with Gasteiger partial charge in [0.05, 0.1) is 13.7 Å². The predicted octanol–water partition coefficient (Wildman–Crippen LogP) is 7.50. The lowest BCUT2D eigenvalue weighted by molar-refractivity contribution is -0.144. The molecule has 0 aliphatic heterocycles. The van der Waals surface area contributed by atoms with Crippen molar-refractivity contribution in [1.82, 2.24) is 37.4 Å². The number of imidazole rings is 2. The van der Waals surface area contributed by atoms with Crippen molar-refractivity contribution in [3.63, 3.8) is 0 Å². The summed E-state index contributed by atoms with van der Waals surface area (Å²) in [6.07, 6.45) is 1.66. The Hall–Kier alpha value is -4.82. The summed E-state index contributed by atoms with van der Waals surface area (Å²) >= 11 is 1.39. The minimum Gasteiger partial charge on any atom is -0.497 e. The number of fused-ring (bicyclic) bond motifs is 1. The van der Waals surface area contributed by atoms with Crippen LogP contribution in [0.3, 0.4) is 0 Å². The zero-order valence-electron chi connectivity index (χ0n) is 26.6. The van der Waals surface area contributed by atoms with E-state index in [9.17, 15) is 13.2 Å². The summed E-state index contributed by atoms with van der Waals surface area (Å²) in [5, 5.41) is 3.86. The first-order valence-corrected chi connectivity index (χ1v) is 15.6. The SMILES string of the molecule is CCC.COc1ccc(Cn2nc(C(F)(F)F)nc2-c2nc3cc(OCc4ccccc4)ccn3c2-c2cn(SN(C)C)cn2)cc1. The maximum atomic E-state index is 13.9. The molecule has 10 nitrogen and oxygen atoms in total. The number of nitrogens with zero attached hydrogens (tertiary/aromatic N) is 8. The predicted molar refractivity (Wildman–Crippen MR) is 176 cm³/mol. The van der Waals surface area contributed by atoms with Crippen molar-refractivity contribution in [2.24, 2.45) is 0 Å². The number of benzene rings is 2. The highest BCUT2D eigenvalue weighted by Crippen LogP contribution is 2.35. The summed E-state index contributed by atoms with van der Waals surface area (Å²) < 4.78 is 59.7. The van der Waals surface area contributed by atoms with Crippen LogP contribution >= 0.6 is 12.1 Å². The third-order valence-corrected chi connectivity index (χ3v) is 7.25. The van der Waals surface area contributed by atoms with Gasteiger partial charge in [-0.05, 0) is 43.4 Å². The maximum absolute atomic E-state index is 13.9. The molecule has 246 valence electrons. The number of ether oxygens (including phenoxy) is 2. The van der Waals surface area contributed by atoms with E-state index in [-0.39, 0.29) is 18.1 Å². The molecular formula is C33H35F3N8O2S. The van der Waals surface area contributed by atoms with Gasteiger partial charge in [0.2, 0.25) is 0 Å². The van der Waals surface area contributed by atoms with Crippen LogP contribution in [0.5, 0.6) is 11.5 Å². The second-order valence-corrected chi connectivity index (χ2v) is 12.0. The van der Waals surface area contributed by atoms with E-state index < -0.39 is 12.0 Å². The lowest BCUT2D eigenvalue weighted by Gasteiger charge is -2.08. The Labute approximate surface area is 275 Å². The highest BCUT2D eigenvalue weighted by molar-refractivity contribution is 7.95. The van der Waals surface area contributed by atoms with Crippen molar-refractivity contribution in [2.75, 3.05) is 21.2 Å². The molecule has 47 heavy (non-hydrogen) atoms. The van der Waals surface area contributed by atoms with Crippen LogP contribution in [0.2, 0.25) is 0 Å². The van der Waals surface area contributed by atoms with Gasteiger partial charge in [-0.1, -0.05) is 62.7 Å². The van der Waals surface area contributed by atoms with Gasteiger partial charge in [-0.3, -0.25) is 8.37 Å². The van der Waals surface area contributed by atoms with Gasteiger partial charge in [-0.25, -0.2) is 23.9 Å². The largest absolute Gasteiger partial charge is 0.497 e. The van der Waals surface area contributed by atoms with Crippen LogP contribution in [0.1, 0.15) is 37.2 Å². The Kier molecular flexibility index (Phi) is 10.5. The van der Waals surface area contributed by atoms with Crippen molar-refractivity contribution in [2.45, 2.75) is 39.6 Å². The second-order valence-electron chi connectivity index (χ2n) is 10.7. The van der Waals surface area contributed by atoms with E-state index in [0.29, 0.717) is 40.7 Å². The first kappa shape index (κ1) is 33.5. The van der Waals surface area contributed by atoms with Crippen molar-refractivity contribution < 1.29 is 22.6 Å². The van der Waals surface area contributed by atoms with Crippen LogP contribution in [0.25, 0.3) is 28.6 Å². The summed E-state index contributed by atoms with van der Waals surface area (Å²) in [5.41, 5.74) is 3.30. The quantitative estimate of drug-likeness (QED) is 0.139. The Bertz CT molecular complexity index is 1900. The van der Waals surface area contributed by atoms with Crippen molar-refractivity contribution in [3.8, 4) is 34.4 Å². The van der Waals surface area contributed by atoms with Crippen molar-refractivity contribution in [1.29, 1.82) is 0 Å². The van der Waals surface area contributed by atoms with E-state index in [1.807, 2.05) is 48.7 Å². The minimum absolute atomic E-state index is 0.0199. The number of hydrogen-bond acceptors (Lipinski definition) is 8. The molecular weight excluding hydrogens is 629 g/mol. The fraction of sp³-hybridized carbons (Fsp3) is 0.273. The maximum Gasteiger partial charge on any atom is 0.453 e. The fourth-order valence-corrected chi connectivity index (χ4v) is 5.18. The topological polar surface area (TPSA) is 87.5 Å². The number of alkyl halides is 3. The highest BCUT2D eigenvalue weighted by atomic mass is 32.2. The van der Waals surface area contributed by atoms with Crippen LogP contribution in [-0.2, 0) is 19.3 Å². The molecule has 0 saturated carbocycles. The number of aromatic nitrogens is 7. The number of methoxy groups -OCH3 is 1. The number of rotatable bonds is 10. The van der Waals surface area contributed by atoms with Crippen LogP contribution in [0, 0.1) is 0 Å².